The Hall–Kier alpha value is -0.280. The monoisotopic (exact) mass is 249 g/mol. The number of nitrogens with zero attached hydrogens (tertiary/aromatic N) is 1. The highest BCUT2D eigenvalue weighted by atomic mass is 35.5. The second-order valence-corrected chi connectivity index (χ2v) is 5.33. The Morgan fingerprint density at radius 1 is 1.38 bits per heavy atom. The van der Waals surface area contributed by atoms with Gasteiger partial charge in [0, 0.05) is 12.6 Å². The van der Waals surface area contributed by atoms with Crippen LogP contribution in [-0.4, -0.2) is 23.6 Å². The summed E-state index contributed by atoms with van der Waals surface area (Å²) in [4.78, 5) is 17.2. The van der Waals surface area contributed by atoms with Crippen LogP contribution in [0.15, 0.2) is 0 Å². The predicted octanol–water partition coefficient (Wildman–Crippen LogP) is 3.18. The van der Waals surface area contributed by atoms with E-state index in [9.17, 15) is 4.79 Å². The summed E-state index contributed by atoms with van der Waals surface area (Å²) in [6.45, 7) is 8.70. The normalized spacial score (nSPS) is 22.4. The summed E-state index contributed by atoms with van der Waals surface area (Å²) in [5.74, 6) is -0.122. The van der Waals surface area contributed by atoms with Crippen molar-refractivity contribution in [2.75, 3.05) is 6.54 Å². The number of rotatable bonds is 2. The summed E-state index contributed by atoms with van der Waals surface area (Å²) in [5.41, 5.74) is -0.407. The highest BCUT2D eigenvalue weighted by Gasteiger charge is 2.29. The molecule has 16 heavy (non-hydrogen) atoms. The summed E-state index contributed by atoms with van der Waals surface area (Å²) in [6.07, 6.45) is 4.58. The van der Waals surface area contributed by atoms with Crippen LogP contribution in [0.25, 0.3) is 0 Å². The van der Waals surface area contributed by atoms with Crippen molar-refractivity contribution in [2.45, 2.75) is 59.4 Å². The van der Waals surface area contributed by atoms with Crippen LogP contribution in [0.3, 0.4) is 0 Å². The predicted molar refractivity (Wildman–Crippen MR) is 67.4 cm³/mol. The van der Waals surface area contributed by atoms with Crippen LogP contribution in [0, 0.1) is 5.41 Å². The highest BCUT2D eigenvalue weighted by Crippen LogP contribution is 2.23. The molecule has 1 heterocycles. The van der Waals surface area contributed by atoms with Gasteiger partial charge in [-0.1, -0.05) is 13.3 Å². The van der Waals surface area contributed by atoms with Gasteiger partial charge in [-0.25, -0.2) is 4.79 Å². The Morgan fingerprint density at radius 3 is 2.50 bits per heavy atom. The first-order chi connectivity index (χ1) is 6.95. The van der Waals surface area contributed by atoms with Crippen molar-refractivity contribution in [3.05, 3.63) is 0 Å². The van der Waals surface area contributed by atoms with Gasteiger partial charge in [-0.2, -0.15) is 0 Å². The summed E-state index contributed by atoms with van der Waals surface area (Å²) < 4.78 is 0. The van der Waals surface area contributed by atoms with E-state index in [0.29, 0.717) is 6.04 Å². The standard InChI is InChI=1S/C12H23NO2.ClH/c1-5-10-8-6-7-9-13(10)15-11(14)12(2,3)4;/h10H,5-9H2,1-4H3;1H. The molecule has 4 heteroatoms. The minimum Gasteiger partial charge on any atom is -0.367 e. The third-order valence-corrected chi connectivity index (χ3v) is 2.86. The number of hydroxylamine groups is 2. The van der Waals surface area contributed by atoms with Crippen molar-refractivity contribution in [2.24, 2.45) is 5.41 Å². The van der Waals surface area contributed by atoms with Gasteiger partial charge in [0.1, 0.15) is 0 Å². The average Bonchev–Trinajstić information content (AvgIpc) is 2.17. The third kappa shape index (κ3) is 4.30. The van der Waals surface area contributed by atoms with Gasteiger partial charge in [0.2, 0.25) is 0 Å². The minimum atomic E-state index is -0.407. The molecule has 0 spiro atoms. The fourth-order valence-corrected chi connectivity index (χ4v) is 1.75. The van der Waals surface area contributed by atoms with Gasteiger partial charge in [-0.15, -0.1) is 17.5 Å². The topological polar surface area (TPSA) is 29.5 Å². The van der Waals surface area contributed by atoms with Crippen LogP contribution in [0.1, 0.15) is 53.4 Å². The van der Waals surface area contributed by atoms with Gasteiger partial charge in [0.25, 0.3) is 0 Å². The molecule has 0 aliphatic carbocycles. The van der Waals surface area contributed by atoms with Crippen LogP contribution < -0.4 is 0 Å². The van der Waals surface area contributed by atoms with Crippen LogP contribution in [0.5, 0.6) is 0 Å². The number of piperidine rings is 1. The molecular formula is C12H24ClNO2. The molecule has 1 rings (SSSR count). The molecule has 0 N–H and O–H groups in total. The Labute approximate surface area is 105 Å². The largest absolute Gasteiger partial charge is 0.367 e. The first-order valence-corrected chi connectivity index (χ1v) is 5.94. The van der Waals surface area contributed by atoms with Crippen LogP contribution in [0.4, 0.5) is 0 Å². The number of carbonyl (C=O) groups is 1. The molecule has 0 amide bonds. The molecule has 96 valence electrons. The van der Waals surface area contributed by atoms with E-state index in [1.165, 1.54) is 6.42 Å². The maximum atomic E-state index is 11.7. The zero-order valence-corrected chi connectivity index (χ0v) is 11.6. The second kappa shape index (κ2) is 6.45. The molecule has 0 radical (unpaired) electrons. The van der Waals surface area contributed by atoms with Gasteiger partial charge in [-0.3, -0.25) is 0 Å². The van der Waals surface area contributed by atoms with Crippen molar-refractivity contribution in [3.63, 3.8) is 0 Å². The van der Waals surface area contributed by atoms with E-state index in [2.05, 4.69) is 6.92 Å². The zero-order valence-electron chi connectivity index (χ0n) is 10.8. The molecule has 1 fully saturated rings. The van der Waals surface area contributed by atoms with Gasteiger partial charge in [0.15, 0.2) is 0 Å². The number of hydrogen-bond acceptors (Lipinski definition) is 3. The Bertz CT molecular complexity index is 226. The molecule has 1 saturated heterocycles. The quantitative estimate of drug-likeness (QED) is 0.753. The van der Waals surface area contributed by atoms with E-state index in [1.807, 2.05) is 25.8 Å². The van der Waals surface area contributed by atoms with Crippen molar-refractivity contribution in [1.82, 2.24) is 5.06 Å². The van der Waals surface area contributed by atoms with E-state index < -0.39 is 5.41 Å². The summed E-state index contributed by atoms with van der Waals surface area (Å²) in [6, 6.07) is 0.421. The van der Waals surface area contributed by atoms with E-state index in [0.717, 1.165) is 25.8 Å². The molecule has 3 nitrogen and oxygen atoms in total. The Kier molecular flexibility index (Phi) is 6.34. The van der Waals surface area contributed by atoms with E-state index in [-0.39, 0.29) is 18.4 Å². The summed E-state index contributed by atoms with van der Waals surface area (Å²) in [7, 11) is 0. The molecule has 1 aliphatic heterocycles. The molecule has 0 aromatic heterocycles. The summed E-state index contributed by atoms with van der Waals surface area (Å²) in [5, 5.41) is 1.89. The van der Waals surface area contributed by atoms with Gasteiger partial charge in [0.05, 0.1) is 5.41 Å². The number of carbonyl (C=O) groups excluding carboxylic acids is 1. The fraction of sp³-hybridized carbons (Fsp3) is 0.917. The number of halogens is 1. The average molecular weight is 250 g/mol. The van der Waals surface area contributed by atoms with Crippen LogP contribution >= 0.6 is 12.4 Å². The van der Waals surface area contributed by atoms with E-state index >= 15 is 0 Å². The van der Waals surface area contributed by atoms with Gasteiger partial charge >= 0.3 is 5.97 Å². The SMILES string of the molecule is CCC1CCCCN1OC(=O)C(C)(C)C.Cl. The molecule has 0 aromatic rings. The second-order valence-electron chi connectivity index (χ2n) is 5.33. The lowest BCUT2D eigenvalue weighted by molar-refractivity contribution is -0.217. The lowest BCUT2D eigenvalue weighted by Gasteiger charge is -2.34. The molecule has 0 aromatic carbocycles. The van der Waals surface area contributed by atoms with Crippen molar-refractivity contribution >= 4 is 18.4 Å². The van der Waals surface area contributed by atoms with E-state index in [1.54, 1.807) is 0 Å². The third-order valence-electron chi connectivity index (χ3n) is 2.86. The maximum Gasteiger partial charge on any atom is 0.330 e. The lowest BCUT2D eigenvalue weighted by Crippen LogP contribution is -2.42. The van der Waals surface area contributed by atoms with Gasteiger partial charge in [-0.05, 0) is 40.0 Å². The van der Waals surface area contributed by atoms with Crippen LogP contribution in [-0.2, 0) is 9.63 Å². The maximum absolute atomic E-state index is 11.7. The van der Waals surface area contributed by atoms with Crippen molar-refractivity contribution < 1.29 is 9.63 Å². The zero-order chi connectivity index (χ0) is 11.5. The lowest BCUT2D eigenvalue weighted by atomic mass is 9.97. The molecule has 1 unspecified atom stereocenters. The van der Waals surface area contributed by atoms with Crippen molar-refractivity contribution in [3.8, 4) is 0 Å². The minimum absolute atomic E-state index is 0. The Balaban J connectivity index is 0.00000225. The fourth-order valence-electron chi connectivity index (χ4n) is 1.75. The number of hydrogen-bond donors (Lipinski definition) is 0. The van der Waals surface area contributed by atoms with Crippen LogP contribution in [0.2, 0.25) is 0 Å². The smallest absolute Gasteiger partial charge is 0.330 e. The first kappa shape index (κ1) is 15.7. The molecule has 1 atom stereocenters. The first-order valence-electron chi connectivity index (χ1n) is 5.94. The molecule has 0 bridgehead atoms. The van der Waals surface area contributed by atoms with E-state index in [4.69, 9.17) is 4.84 Å². The molecular weight excluding hydrogens is 226 g/mol. The summed E-state index contributed by atoms with van der Waals surface area (Å²) >= 11 is 0. The Morgan fingerprint density at radius 2 is 2.00 bits per heavy atom. The molecule has 0 saturated carbocycles. The highest BCUT2D eigenvalue weighted by molar-refractivity contribution is 5.85. The van der Waals surface area contributed by atoms with Gasteiger partial charge < -0.3 is 4.84 Å². The van der Waals surface area contributed by atoms with Crippen molar-refractivity contribution in [1.29, 1.82) is 0 Å². The molecule has 1 aliphatic rings.